The van der Waals surface area contributed by atoms with Gasteiger partial charge >= 0.3 is 0 Å². The van der Waals surface area contributed by atoms with E-state index in [1.54, 1.807) is 0 Å². The van der Waals surface area contributed by atoms with Crippen LogP contribution in [0.25, 0.3) is 0 Å². The Hall–Kier alpha value is -0.830. The zero-order valence-corrected chi connectivity index (χ0v) is 14.5. The Morgan fingerprint density at radius 3 is 2.59 bits per heavy atom. The molecule has 1 saturated carbocycles. The van der Waals surface area contributed by atoms with Gasteiger partial charge < -0.3 is 10.4 Å². The first-order chi connectivity index (χ1) is 10.4. The summed E-state index contributed by atoms with van der Waals surface area (Å²) in [4.78, 5) is 12.7. The van der Waals surface area contributed by atoms with E-state index in [1.807, 2.05) is 20.8 Å². The minimum absolute atomic E-state index is 0.0148. The fraction of sp³-hybridized carbons (Fsp3) is 0.842. The molecule has 3 nitrogen and oxygen atoms in total. The zero-order valence-electron chi connectivity index (χ0n) is 14.5. The molecule has 2 rings (SSSR count). The third-order valence-corrected chi connectivity index (χ3v) is 5.08. The lowest BCUT2D eigenvalue weighted by molar-refractivity contribution is -0.125. The van der Waals surface area contributed by atoms with E-state index < -0.39 is 0 Å². The quantitative estimate of drug-likeness (QED) is 0.776. The van der Waals surface area contributed by atoms with Gasteiger partial charge in [-0.3, -0.25) is 4.79 Å². The molecule has 22 heavy (non-hydrogen) atoms. The number of allylic oxidation sites excluding steroid dienone is 1. The highest BCUT2D eigenvalue weighted by Crippen LogP contribution is 2.41. The van der Waals surface area contributed by atoms with Crippen molar-refractivity contribution in [2.45, 2.75) is 77.7 Å². The molecular formula is C19H33NO2. The molecule has 0 aromatic carbocycles. The van der Waals surface area contributed by atoms with Gasteiger partial charge in [0.05, 0.1) is 5.92 Å². The summed E-state index contributed by atoms with van der Waals surface area (Å²) in [6, 6.07) is 0. The average molecular weight is 307 g/mol. The number of amides is 1. The molecular weight excluding hydrogens is 274 g/mol. The van der Waals surface area contributed by atoms with Gasteiger partial charge in [0.1, 0.15) is 0 Å². The second-order valence-corrected chi connectivity index (χ2v) is 8.24. The third-order valence-electron chi connectivity index (χ3n) is 5.08. The molecule has 2 aliphatic rings. The van der Waals surface area contributed by atoms with Crippen molar-refractivity contribution < 1.29 is 9.90 Å². The summed E-state index contributed by atoms with van der Waals surface area (Å²) >= 11 is 0. The van der Waals surface area contributed by atoms with E-state index in [1.165, 1.54) is 31.3 Å². The van der Waals surface area contributed by atoms with Gasteiger partial charge in [-0.15, -0.1) is 0 Å². The molecule has 1 amide bonds. The zero-order chi connectivity index (χ0) is 16.2. The van der Waals surface area contributed by atoms with Crippen molar-refractivity contribution in [2.75, 3.05) is 6.61 Å². The van der Waals surface area contributed by atoms with Gasteiger partial charge in [-0.25, -0.2) is 0 Å². The second-order valence-electron chi connectivity index (χ2n) is 8.24. The van der Waals surface area contributed by atoms with Gasteiger partial charge in [0.2, 0.25) is 5.91 Å². The number of carbonyl (C=O) groups is 1. The highest BCUT2D eigenvalue weighted by Gasteiger charge is 2.33. The summed E-state index contributed by atoms with van der Waals surface area (Å²) in [5, 5.41) is 12.3. The second kappa shape index (κ2) is 7.63. The Morgan fingerprint density at radius 1 is 1.27 bits per heavy atom. The van der Waals surface area contributed by atoms with E-state index in [2.05, 4.69) is 11.4 Å². The molecule has 0 spiro atoms. The van der Waals surface area contributed by atoms with Crippen LogP contribution >= 0.6 is 0 Å². The highest BCUT2D eigenvalue weighted by atomic mass is 16.2. The first kappa shape index (κ1) is 17.5. The fourth-order valence-electron chi connectivity index (χ4n) is 4.08. The molecule has 3 heteroatoms. The molecule has 0 bridgehead atoms. The van der Waals surface area contributed by atoms with E-state index >= 15 is 0 Å². The summed E-state index contributed by atoms with van der Waals surface area (Å²) < 4.78 is 0. The minimum atomic E-state index is -0.172. The van der Waals surface area contributed by atoms with Gasteiger partial charge in [-0.2, -0.15) is 0 Å². The van der Waals surface area contributed by atoms with Gasteiger partial charge in [0, 0.05) is 12.1 Å². The summed E-state index contributed by atoms with van der Waals surface area (Å²) in [5.41, 5.74) is 1.23. The first-order valence-corrected chi connectivity index (χ1v) is 9.01. The molecule has 0 aliphatic heterocycles. The molecule has 126 valence electrons. The molecule has 0 saturated heterocycles. The lowest BCUT2D eigenvalue weighted by Crippen LogP contribution is -2.44. The number of carbonyl (C=O) groups excluding carboxylic acids is 1. The number of hydrogen-bond donors (Lipinski definition) is 2. The standard InChI is InChI=1S/C19H33NO2/c1-19(2,3)20-18(22)17-12-14(7-6-10-21)11-15-8-4-5-9-16(15)13-17/h12,15-17,21H,4-11,13H2,1-3H3,(H,20,22)/t15-,16+,17+/m1/s1. The van der Waals surface area contributed by atoms with E-state index in [4.69, 9.17) is 5.11 Å². The van der Waals surface area contributed by atoms with Crippen LogP contribution in [0.5, 0.6) is 0 Å². The van der Waals surface area contributed by atoms with Crippen LogP contribution in [-0.4, -0.2) is 23.2 Å². The molecule has 3 atom stereocenters. The smallest absolute Gasteiger partial charge is 0.227 e. The fourth-order valence-corrected chi connectivity index (χ4v) is 4.08. The lowest BCUT2D eigenvalue weighted by Gasteiger charge is -2.32. The molecule has 0 radical (unpaired) electrons. The maximum absolute atomic E-state index is 12.7. The molecule has 1 fully saturated rings. The van der Waals surface area contributed by atoms with Crippen molar-refractivity contribution in [2.24, 2.45) is 17.8 Å². The van der Waals surface area contributed by atoms with E-state index in [0.717, 1.165) is 31.6 Å². The van der Waals surface area contributed by atoms with Crippen molar-refractivity contribution in [3.8, 4) is 0 Å². The Labute approximate surface area is 135 Å². The van der Waals surface area contributed by atoms with E-state index in [-0.39, 0.29) is 24.0 Å². The van der Waals surface area contributed by atoms with Gasteiger partial charge in [0.25, 0.3) is 0 Å². The minimum Gasteiger partial charge on any atom is -0.396 e. The van der Waals surface area contributed by atoms with E-state index in [0.29, 0.717) is 5.92 Å². The number of rotatable bonds is 4. The molecule has 0 unspecified atom stereocenters. The molecule has 2 aliphatic carbocycles. The number of hydrogen-bond acceptors (Lipinski definition) is 2. The van der Waals surface area contributed by atoms with Crippen molar-refractivity contribution in [1.82, 2.24) is 5.32 Å². The van der Waals surface area contributed by atoms with Crippen molar-refractivity contribution >= 4 is 5.91 Å². The molecule has 0 aromatic heterocycles. The van der Waals surface area contributed by atoms with Crippen LogP contribution < -0.4 is 5.32 Å². The number of fused-ring (bicyclic) bond motifs is 1. The Morgan fingerprint density at radius 2 is 1.95 bits per heavy atom. The SMILES string of the molecule is CC(C)(C)NC(=O)[C@H]1C=C(CCCO)C[C@H]2CCCC[C@H]2C1. The highest BCUT2D eigenvalue weighted by molar-refractivity contribution is 5.81. The topological polar surface area (TPSA) is 49.3 Å². The predicted octanol–water partition coefficient (Wildman–Crippen LogP) is 3.82. The Kier molecular flexibility index (Phi) is 6.08. The van der Waals surface area contributed by atoms with Gasteiger partial charge in [-0.1, -0.05) is 30.9 Å². The molecule has 0 heterocycles. The molecule has 0 aromatic rings. The van der Waals surface area contributed by atoms with Crippen LogP contribution in [0.3, 0.4) is 0 Å². The average Bonchev–Trinajstić information content (AvgIpc) is 2.62. The maximum Gasteiger partial charge on any atom is 0.227 e. The van der Waals surface area contributed by atoms with Crippen molar-refractivity contribution in [1.29, 1.82) is 0 Å². The van der Waals surface area contributed by atoms with Gasteiger partial charge in [-0.05, 0) is 64.7 Å². The van der Waals surface area contributed by atoms with Crippen LogP contribution in [-0.2, 0) is 4.79 Å². The van der Waals surface area contributed by atoms with Gasteiger partial charge in [0.15, 0.2) is 0 Å². The predicted molar refractivity (Wildman–Crippen MR) is 90.5 cm³/mol. The summed E-state index contributed by atoms with van der Waals surface area (Å²) in [5.74, 6) is 1.65. The van der Waals surface area contributed by atoms with Crippen LogP contribution in [0.4, 0.5) is 0 Å². The third kappa shape index (κ3) is 5.12. The maximum atomic E-state index is 12.7. The number of aliphatic hydroxyl groups is 1. The van der Waals surface area contributed by atoms with Crippen LogP contribution in [0.15, 0.2) is 11.6 Å². The Balaban J connectivity index is 2.12. The normalized spacial score (nSPS) is 29.3. The Bertz CT molecular complexity index is 408. The monoisotopic (exact) mass is 307 g/mol. The van der Waals surface area contributed by atoms with Crippen molar-refractivity contribution in [3.63, 3.8) is 0 Å². The summed E-state index contributed by atoms with van der Waals surface area (Å²) in [6.07, 6.45) is 11.4. The van der Waals surface area contributed by atoms with Crippen molar-refractivity contribution in [3.05, 3.63) is 11.6 Å². The van der Waals surface area contributed by atoms with Crippen LogP contribution in [0.2, 0.25) is 0 Å². The van der Waals surface area contributed by atoms with Crippen LogP contribution in [0, 0.1) is 17.8 Å². The van der Waals surface area contributed by atoms with Crippen LogP contribution in [0.1, 0.15) is 72.1 Å². The lowest BCUT2D eigenvalue weighted by atomic mass is 9.74. The first-order valence-electron chi connectivity index (χ1n) is 9.01. The number of aliphatic hydroxyl groups excluding tert-OH is 1. The summed E-state index contributed by atoms with van der Waals surface area (Å²) in [6.45, 7) is 6.37. The molecule has 2 N–H and O–H groups in total. The largest absolute Gasteiger partial charge is 0.396 e. The van der Waals surface area contributed by atoms with E-state index in [9.17, 15) is 4.79 Å². The summed E-state index contributed by atoms with van der Waals surface area (Å²) in [7, 11) is 0. The number of nitrogens with one attached hydrogen (secondary N) is 1.